The minimum atomic E-state index is -3.92. The van der Waals surface area contributed by atoms with Crippen molar-refractivity contribution in [1.29, 1.82) is 0 Å². The number of hydrogen-bond acceptors (Lipinski definition) is 4. The smallest absolute Gasteiger partial charge is 0.346 e. The predicted octanol–water partition coefficient (Wildman–Crippen LogP) is -1.63. The molecule has 1 aromatic carbocycles. The van der Waals surface area contributed by atoms with Gasteiger partial charge in [0.15, 0.2) is 0 Å². The highest BCUT2D eigenvalue weighted by molar-refractivity contribution is 7.84. The first-order valence-corrected chi connectivity index (χ1v) is 8.28. The molecule has 1 aromatic rings. The molecule has 0 saturated carbocycles. The molecule has 0 saturated heterocycles. The van der Waals surface area contributed by atoms with Crippen LogP contribution in [0.25, 0.3) is 5.57 Å². The Morgan fingerprint density at radius 2 is 1.91 bits per heavy atom. The van der Waals surface area contributed by atoms with Crippen molar-refractivity contribution in [3.63, 3.8) is 0 Å². The van der Waals surface area contributed by atoms with E-state index < -0.39 is 10.1 Å². The minimum Gasteiger partial charge on any atom is -0.748 e. The Balaban J connectivity index is 0.000000422. The standard InChI is InChI=1S/C13H15N3O.CH4O3S/c1-8-3-2-4-9-5-6-10(12(8)9)7-11(17)16-13(14)15;1-5(2,3)4/h2-4,7H,5-6H2,1H3,(H4,14,15,16,17);1H3,(H,2,3,4)/b10-7+;. The lowest BCUT2D eigenvalue weighted by Gasteiger charge is -2.04. The first kappa shape index (κ1) is 17.9. The van der Waals surface area contributed by atoms with Crippen LogP contribution in [0.4, 0.5) is 0 Å². The number of nitrogens with two attached hydrogens (primary N) is 2. The highest BCUT2D eigenvalue weighted by Gasteiger charge is 2.18. The van der Waals surface area contributed by atoms with Crippen LogP contribution in [0.3, 0.4) is 0 Å². The van der Waals surface area contributed by atoms with E-state index >= 15 is 0 Å². The van der Waals surface area contributed by atoms with Gasteiger partial charge in [0.25, 0.3) is 0 Å². The number of fused-ring (bicyclic) bond motifs is 1. The second-order valence-electron chi connectivity index (χ2n) is 4.93. The van der Waals surface area contributed by atoms with Gasteiger partial charge in [0.05, 0.1) is 10.1 Å². The van der Waals surface area contributed by atoms with Crippen LogP contribution in [-0.2, 0) is 21.3 Å². The molecule has 5 N–H and O–H groups in total. The summed E-state index contributed by atoms with van der Waals surface area (Å²) in [6, 6.07) is 6.20. The molecule has 2 rings (SSSR count). The number of benzene rings is 1. The van der Waals surface area contributed by atoms with Crippen molar-refractivity contribution in [2.45, 2.75) is 19.8 Å². The Kier molecular flexibility index (Phi) is 5.84. The molecule has 1 aliphatic carbocycles. The van der Waals surface area contributed by atoms with E-state index in [2.05, 4.69) is 24.0 Å². The van der Waals surface area contributed by atoms with E-state index in [1.54, 1.807) is 6.08 Å². The fourth-order valence-corrected chi connectivity index (χ4v) is 2.27. The van der Waals surface area contributed by atoms with Crippen molar-refractivity contribution in [3.8, 4) is 0 Å². The van der Waals surface area contributed by atoms with Crippen molar-refractivity contribution in [2.24, 2.45) is 11.5 Å². The third kappa shape index (κ3) is 6.06. The molecule has 0 bridgehead atoms. The predicted molar refractivity (Wildman–Crippen MR) is 82.4 cm³/mol. The average molecular weight is 325 g/mol. The molecular weight excluding hydrogens is 306 g/mol. The lowest BCUT2D eigenvalue weighted by atomic mass is 10.0. The van der Waals surface area contributed by atoms with Gasteiger partial charge >= 0.3 is 11.9 Å². The molecule has 120 valence electrons. The van der Waals surface area contributed by atoms with E-state index in [4.69, 9.17) is 24.4 Å². The maximum Gasteiger partial charge on any atom is 0.346 e. The Morgan fingerprint density at radius 3 is 2.45 bits per heavy atom. The van der Waals surface area contributed by atoms with Crippen LogP contribution in [0.5, 0.6) is 0 Å². The number of hydrogen-bond donors (Lipinski definition) is 3. The summed E-state index contributed by atoms with van der Waals surface area (Å²) in [5.41, 5.74) is 15.2. The van der Waals surface area contributed by atoms with Crippen molar-refractivity contribution in [2.75, 3.05) is 6.26 Å². The highest BCUT2D eigenvalue weighted by atomic mass is 32.2. The van der Waals surface area contributed by atoms with Gasteiger partial charge in [0.2, 0.25) is 0 Å². The number of nitrogens with one attached hydrogen (secondary N) is 1. The quantitative estimate of drug-likeness (QED) is 0.245. The van der Waals surface area contributed by atoms with Gasteiger partial charge in [-0.2, -0.15) is 0 Å². The molecule has 0 aromatic heterocycles. The number of aryl methyl sites for hydroxylation is 2. The molecule has 7 nitrogen and oxygen atoms in total. The first-order chi connectivity index (χ1) is 10.1. The third-order valence-corrected chi connectivity index (χ3v) is 2.92. The minimum absolute atomic E-state index is 0.0742. The Morgan fingerprint density at radius 1 is 1.32 bits per heavy atom. The van der Waals surface area contributed by atoms with E-state index in [9.17, 15) is 4.79 Å². The highest BCUT2D eigenvalue weighted by Crippen LogP contribution is 2.34. The zero-order valence-electron chi connectivity index (χ0n) is 12.4. The summed E-state index contributed by atoms with van der Waals surface area (Å²) in [4.78, 5) is 13.9. The summed E-state index contributed by atoms with van der Waals surface area (Å²) in [6.45, 7) is 2.05. The normalized spacial score (nSPS) is 14.8. The largest absolute Gasteiger partial charge is 0.748 e. The van der Waals surface area contributed by atoms with Gasteiger partial charge in [0, 0.05) is 12.3 Å². The van der Waals surface area contributed by atoms with Crippen LogP contribution in [-0.4, -0.2) is 31.1 Å². The lowest BCUT2D eigenvalue weighted by molar-refractivity contribution is -0.372. The molecule has 1 aliphatic rings. The third-order valence-electron chi connectivity index (χ3n) is 2.92. The monoisotopic (exact) mass is 325 g/mol. The summed E-state index contributed by atoms with van der Waals surface area (Å²) in [5, 5.41) is 0. The molecule has 0 fully saturated rings. The topological polar surface area (TPSA) is 140 Å². The Hall–Kier alpha value is -2.19. The summed E-state index contributed by atoms with van der Waals surface area (Å²) in [5.74, 6) is -0.342. The molecule has 8 heteroatoms. The number of amides is 1. The molecule has 0 unspecified atom stereocenters. The van der Waals surface area contributed by atoms with E-state index in [0.717, 1.165) is 18.4 Å². The fourth-order valence-electron chi connectivity index (χ4n) is 2.27. The Labute approximate surface area is 129 Å². The van der Waals surface area contributed by atoms with Crippen LogP contribution in [0.1, 0.15) is 23.1 Å². The summed E-state index contributed by atoms with van der Waals surface area (Å²) in [7, 11) is -3.92. The number of guanidine groups is 1. The summed E-state index contributed by atoms with van der Waals surface area (Å²) < 4.78 is 27.2. The molecule has 22 heavy (non-hydrogen) atoms. The lowest BCUT2D eigenvalue weighted by Crippen LogP contribution is -2.81. The van der Waals surface area contributed by atoms with E-state index in [1.807, 2.05) is 6.07 Å². The molecule has 0 heterocycles. The van der Waals surface area contributed by atoms with Gasteiger partial charge < -0.3 is 4.55 Å². The zero-order valence-corrected chi connectivity index (χ0v) is 13.2. The maximum absolute atomic E-state index is 11.6. The van der Waals surface area contributed by atoms with Gasteiger partial charge in [-0.3, -0.25) is 16.3 Å². The zero-order chi connectivity index (χ0) is 16.9. The number of carbonyl (C=O) groups excluding carboxylic acids is 1. The second kappa shape index (κ2) is 7.19. The summed E-state index contributed by atoms with van der Waals surface area (Å²) in [6.07, 6.45) is 4.06. The van der Waals surface area contributed by atoms with Crippen molar-refractivity contribution >= 4 is 27.6 Å². The first-order valence-electron chi connectivity index (χ1n) is 6.47. The van der Waals surface area contributed by atoms with Crippen LogP contribution < -0.4 is 16.5 Å². The number of carbonyl (C=O) groups is 1. The molecule has 1 amide bonds. The number of allylic oxidation sites excluding steroid dienone is 1. The van der Waals surface area contributed by atoms with Gasteiger partial charge in [-0.05, 0) is 42.0 Å². The Bertz CT molecular complexity index is 724. The van der Waals surface area contributed by atoms with E-state index in [0.29, 0.717) is 6.26 Å². The molecule has 0 radical (unpaired) electrons. The van der Waals surface area contributed by atoms with E-state index in [1.165, 1.54) is 16.7 Å². The van der Waals surface area contributed by atoms with Crippen LogP contribution in [0.2, 0.25) is 0 Å². The molecular formula is C14H19N3O4S. The van der Waals surface area contributed by atoms with Gasteiger partial charge in [-0.1, -0.05) is 18.2 Å². The van der Waals surface area contributed by atoms with Crippen molar-refractivity contribution in [3.05, 3.63) is 41.0 Å². The van der Waals surface area contributed by atoms with Gasteiger partial charge in [0.1, 0.15) is 0 Å². The SMILES string of the molecule is CS(=O)(=O)[O-].Cc1cccc2c1/C(=C/C(=O)[NH+]=C(N)N)CC2. The maximum atomic E-state index is 11.6. The van der Waals surface area contributed by atoms with Crippen LogP contribution >= 0.6 is 0 Å². The van der Waals surface area contributed by atoms with Crippen molar-refractivity contribution in [1.82, 2.24) is 0 Å². The number of rotatable bonds is 1. The molecule has 0 spiro atoms. The fraction of sp³-hybridized carbons (Fsp3) is 0.286. The second-order valence-corrected chi connectivity index (χ2v) is 6.34. The van der Waals surface area contributed by atoms with Gasteiger partial charge in [-0.15, -0.1) is 0 Å². The van der Waals surface area contributed by atoms with Crippen LogP contribution in [0, 0.1) is 6.92 Å². The van der Waals surface area contributed by atoms with Gasteiger partial charge in [-0.25, -0.2) is 13.4 Å². The molecule has 0 aliphatic heterocycles. The summed E-state index contributed by atoms with van der Waals surface area (Å²) >= 11 is 0. The van der Waals surface area contributed by atoms with Crippen LogP contribution in [0.15, 0.2) is 24.3 Å². The average Bonchev–Trinajstić information content (AvgIpc) is 2.70. The van der Waals surface area contributed by atoms with Crippen molar-refractivity contribution < 1.29 is 22.8 Å². The molecule has 0 atom stereocenters. The van der Waals surface area contributed by atoms with E-state index in [-0.39, 0.29) is 11.9 Å².